The van der Waals surface area contributed by atoms with Gasteiger partial charge in [0.15, 0.2) is 0 Å². The predicted octanol–water partition coefficient (Wildman–Crippen LogP) is 0.577. The normalized spacial score (nSPS) is 18.4. The van der Waals surface area contributed by atoms with E-state index < -0.39 is 0 Å². The van der Waals surface area contributed by atoms with Gasteiger partial charge in [0, 0.05) is 18.4 Å². The van der Waals surface area contributed by atoms with E-state index in [1.165, 1.54) is 0 Å². The second-order valence-corrected chi connectivity index (χ2v) is 3.88. The van der Waals surface area contributed by atoms with Crippen LogP contribution in [0, 0.1) is 5.92 Å². The molecule has 3 N–H and O–H groups in total. The molecular formula is C8H14N2OS. The van der Waals surface area contributed by atoms with Gasteiger partial charge in [0.1, 0.15) is 0 Å². The maximum absolute atomic E-state index is 11.3. The SMILES string of the molecule is CC(CC(N)=S)C(=O)NC1CC1. The van der Waals surface area contributed by atoms with Crippen molar-refractivity contribution in [3.63, 3.8) is 0 Å². The molecule has 1 atom stereocenters. The first-order chi connectivity index (χ1) is 5.59. The smallest absolute Gasteiger partial charge is 0.223 e. The molecule has 0 aromatic heterocycles. The van der Waals surface area contributed by atoms with Crippen LogP contribution >= 0.6 is 12.2 Å². The Morgan fingerprint density at radius 3 is 2.75 bits per heavy atom. The summed E-state index contributed by atoms with van der Waals surface area (Å²) in [5, 5.41) is 2.90. The van der Waals surface area contributed by atoms with Crippen LogP contribution in [0.1, 0.15) is 26.2 Å². The van der Waals surface area contributed by atoms with Gasteiger partial charge in [-0.1, -0.05) is 19.1 Å². The fourth-order valence-electron chi connectivity index (χ4n) is 0.966. The molecule has 12 heavy (non-hydrogen) atoms. The molecule has 1 aliphatic rings. The van der Waals surface area contributed by atoms with E-state index in [0.29, 0.717) is 17.5 Å². The first-order valence-electron chi connectivity index (χ1n) is 4.18. The molecule has 0 saturated heterocycles. The number of amides is 1. The minimum Gasteiger partial charge on any atom is -0.393 e. The quantitative estimate of drug-likeness (QED) is 0.631. The average Bonchev–Trinajstić information content (AvgIpc) is 2.70. The molecule has 0 aliphatic heterocycles. The Bertz CT molecular complexity index is 201. The van der Waals surface area contributed by atoms with E-state index in [-0.39, 0.29) is 11.8 Å². The molecule has 68 valence electrons. The summed E-state index contributed by atoms with van der Waals surface area (Å²) in [6.45, 7) is 1.84. The number of carbonyl (C=O) groups excluding carboxylic acids is 1. The van der Waals surface area contributed by atoms with Gasteiger partial charge in [-0.15, -0.1) is 0 Å². The lowest BCUT2D eigenvalue weighted by Gasteiger charge is -2.09. The zero-order chi connectivity index (χ0) is 9.14. The molecule has 0 aromatic rings. The lowest BCUT2D eigenvalue weighted by Crippen LogP contribution is -2.32. The van der Waals surface area contributed by atoms with Gasteiger partial charge in [0.25, 0.3) is 0 Å². The van der Waals surface area contributed by atoms with Gasteiger partial charge in [-0.2, -0.15) is 0 Å². The van der Waals surface area contributed by atoms with Crippen LogP contribution in [0.3, 0.4) is 0 Å². The maximum atomic E-state index is 11.3. The van der Waals surface area contributed by atoms with Gasteiger partial charge < -0.3 is 11.1 Å². The Labute approximate surface area is 77.7 Å². The molecule has 0 aromatic carbocycles. The molecule has 4 heteroatoms. The highest BCUT2D eigenvalue weighted by atomic mass is 32.1. The molecule has 1 amide bonds. The van der Waals surface area contributed by atoms with Crippen molar-refractivity contribution in [1.29, 1.82) is 0 Å². The van der Waals surface area contributed by atoms with Crippen molar-refractivity contribution in [3.05, 3.63) is 0 Å². The Morgan fingerprint density at radius 1 is 1.75 bits per heavy atom. The summed E-state index contributed by atoms with van der Waals surface area (Å²) < 4.78 is 0. The number of nitrogens with one attached hydrogen (secondary N) is 1. The number of thiocarbonyl (C=S) groups is 1. The molecule has 0 heterocycles. The minimum atomic E-state index is -0.0805. The second-order valence-electron chi connectivity index (χ2n) is 3.35. The van der Waals surface area contributed by atoms with Crippen LogP contribution in [0.2, 0.25) is 0 Å². The molecule has 1 unspecified atom stereocenters. The Kier molecular flexibility index (Phi) is 3.03. The third kappa shape index (κ3) is 3.17. The van der Waals surface area contributed by atoms with Gasteiger partial charge in [-0.05, 0) is 12.8 Å². The molecule has 0 spiro atoms. The van der Waals surface area contributed by atoms with E-state index in [1.54, 1.807) is 0 Å². The zero-order valence-corrected chi connectivity index (χ0v) is 7.99. The lowest BCUT2D eigenvalue weighted by molar-refractivity contribution is -0.124. The van der Waals surface area contributed by atoms with E-state index in [0.717, 1.165) is 12.8 Å². The lowest BCUT2D eigenvalue weighted by atomic mass is 10.1. The monoisotopic (exact) mass is 186 g/mol. The summed E-state index contributed by atoms with van der Waals surface area (Å²) in [5.74, 6) is -0.00611. The molecule has 3 nitrogen and oxygen atoms in total. The summed E-state index contributed by atoms with van der Waals surface area (Å²) in [5.41, 5.74) is 5.33. The molecule has 0 radical (unpaired) electrons. The second kappa shape index (κ2) is 3.85. The van der Waals surface area contributed by atoms with Crippen molar-refractivity contribution in [2.24, 2.45) is 11.7 Å². The van der Waals surface area contributed by atoms with E-state index in [4.69, 9.17) is 18.0 Å². The molecule has 1 fully saturated rings. The Balaban J connectivity index is 2.24. The van der Waals surface area contributed by atoms with Crippen molar-refractivity contribution in [3.8, 4) is 0 Å². The molecule has 1 aliphatic carbocycles. The summed E-state index contributed by atoms with van der Waals surface area (Å²) in [6.07, 6.45) is 2.74. The van der Waals surface area contributed by atoms with Crippen LogP contribution in [0.4, 0.5) is 0 Å². The van der Waals surface area contributed by atoms with E-state index in [9.17, 15) is 4.79 Å². The van der Waals surface area contributed by atoms with Crippen LogP contribution in [0.25, 0.3) is 0 Å². The fourth-order valence-corrected chi connectivity index (χ4v) is 1.22. The van der Waals surface area contributed by atoms with Gasteiger partial charge in [-0.3, -0.25) is 4.79 Å². The van der Waals surface area contributed by atoms with Crippen LogP contribution in [0.5, 0.6) is 0 Å². The summed E-state index contributed by atoms with van der Waals surface area (Å²) >= 11 is 4.72. The summed E-state index contributed by atoms with van der Waals surface area (Å²) in [7, 11) is 0. The highest BCUT2D eigenvalue weighted by Gasteiger charge is 2.25. The minimum absolute atomic E-state index is 0.0744. The van der Waals surface area contributed by atoms with Crippen LogP contribution < -0.4 is 11.1 Å². The Morgan fingerprint density at radius 2 is 2.33 bits per heavy atom. The summed E-state index contributed by atoms with van der Waals surface area (Å²) in [6, 6.07) is 0.422. The van der Waals surface area contributed by atoms with E-state index in [1.807, 2.05) is 6.92 Å². The topological polar surface area (TPSA) is 55.1 Å². The number of carbonyl (C=O) groups is 1. The zero-order valence-electron chi connectivity index (χ0n) is 7.17. The molecule has 1 rings (SSSR count). The van der Waals surface area contributed by atoms with Crippen LogP contribution in [0.15, 0.2) is 0 Å². The molecule has 1 saturated carbocycles. The van der Waals surface area contributed by atoms with Crippen LogP contribution in [-0.2, 0) is 4.79 Å². The highest BCUT2D eigenvalue weighted by Crippen LogP contribution is 2.19. The number of rotatable bonds is 4. The highest BCUT2D eigenvalue weighted by molar-refractivity contribution is 7.80. The Hall–Kier alpha value is -0.640. The first-order valence-corrected chi connectivity index (χ1v) is 4.59. The van der Waals surface area contributed by atoms with Gasteiger partial charge in [-0.25, -0.2) is 0 Å². The maximum Gasteiger partial charge on any atom is 0.223 e. The predicted molar refractivity (Wildman–Crippen MR) is 51.7 cm³/mol. The first kappa shape index (κ1) is 9.45. The molecule has 0 bridgehead atoms. The number of hydrogen-bond donors (Lipinski definition) is 2. The van der Waals surface area contributed by atoms with Crippen molar-refractivity contribution in [2.75, 3.05) is 0 Å². The van der Waals surface area contributed by atoms with Gasteiger partial charge >= 0.3 is 0 Å². The standard InChI is InChI=1S/C8H14N2OS/c1-5(4-7(9)12)8(11)10-6-2-3-6/h5-6H,2-4H2,1H3,(H2,9,12)(H,10,11). The largest absolute Gasteiger partial charge is 0.393 e. The van der Waals surface area contributed by atoms with Crippen LogP contribution in [-0.4, -0.2) is 16.9 Å². The van der Waals surface area contributed by atoms with Crippen molar-refractivity contribution in [2.45, 2.75) is 32.2 Å². The average molecular weight is 186 g/mol. The van der Waals surface area contributed by atoms with Gasteiger partial charge in [0.05, 0.1) is 4.99 Å². The number of hydrogen-bond acceptors (Lipinski definition) is 2. The fraction of sp³-hybridized carbons (Fsp3) is 0.750. The van der Waals surface area contributed by atoms with E-state index >= 15 is 0 Å². The number of nitrogens with two attached hydrogens (primary N) is 1. The molecular weight excluding hydrogens is 172 g/mol. The van der Waals surface area contributed by atoms with Crippen molar-refractivity contribution >= 4 is 23.1 Å². The third-order valence-electron chi connectivity index (χ3n) is 1.88. The van der Waals surface area contributed by atoms with Gasteiger partial charge in [0.2, 0.25) is 5.91 Å². The third-order valence-corrected chi connectivity index (χ3v) is 2.05. The van der Waals surface area contributed by atoms with E-state index in [2.05, 4.69) is 5.32 Å². The van der Waals surface area contributed by atoms with Crippen molar-refractivity contribution < 1.29 is 4.79 Å². The summed E-state index contributed by atoms with van der Waals surface area (Å²) in [4.78, 5) is 11.7. The van der Waals surface area contributed by atoms with Crippen molar-refractivity contribution in [1.82, 2.24) is 5.32 Å².